The molecule has 17 heteroatoms. The molecule has 45 heavy (non-hydrogen) atoms. The average Bonchev–Trinajstić information content (AvgIpc) is 3.72. The summed E-state index contributed by atoms with van der Waals surface area (Å²) < 4.78 is 75.2. The summed E-state index contributed by atoms with van der Waals surface area (Å²) in [7, 11) is 1.38. The van der Waals surface area contributed by atoms with Gasteiger partial charge in [-0.15, -0.1) is 22.0 Å². The number of hydrogen-bond acceptors (Lipinski definition) is 11. The van der Waals surface area contributed by atoms with E-state index in [1.807, 2.05) is 0 Å². The second kappa shape index (κ2) is 13.1. The molecule has 12 nitrogen and oxygen atoms in total. The average molecular weight is 653 g/mol. The standard InChI is InChI=1S/C28H28F4N6O6S/c1-42-27-24(38-9-19(34-36-38)14-6-16(30)23(32)17(31)7-14)26(41)21(10-39)44-28(27)45-22-12-43-11-20(25(22)40)37-8-18(33-35-37)13-3-2-4-15(29)5-13/h2-9,20-22,24-28,39-41H,10-12H2,1H3. The fraction of sp³-hybridized carbons (Fsp3) is 0.429. The molecule has 4 heterocycles. The Morgan fingerprint density at radius 1 is 0.933 bits per heavy atom. The quantitative estimate of drug-likeness (QED) is 0.190. The third kappa shape index (κ3) is 6.20. The number of benzene rings is 2. The van der Waals surface area contributed by atoms with Gasteiger partial charge >= 0.3 is 0 Å². The highest BCUT2D eigenvalue weighted by atomic mass is 32.2. The SMILES string of the molecule is COC1C(SC2COCC(n3cc(-c4cccc(F)c4)nn3)C2O)OC(CO)C(O)C1n1cc(-c2cc(F)c(F)c(F)c2)nn1. The molecule has 8 atom stereocenters. The normalized spacial score (nSPS) is 28.8. The lowest BCUT2D eigenvalue weighted by Crippen LogP contribution is -2.56. The monoisotopic (exact) mass is 652 g/mol. The van der Waals surface area contributed by atoms with Gasteiger partial charge in [0.15, 0.2) is 17.5 Å². The van der Waals surface area contributed by atoms with Gasteiger partial charge in [-0.2, -0.15) is 0 Å². The largest absolute Gasteiger partial charge is 0.394 e. The molecule has 2 fully saturated rings. The molecule has 2 aliphatic rings. The molecule has 8 unspecified atom stereocenters. The van der Waals surface area contributed by atoms with Gasteiger partial charge in [-0.3, -0.25) is 0 Å². The van der Waals surface area contributed by atoms with E-state index in [1.165, 1.54) is 34.8 Å². The summed E-state index contributed by atoms with van der Waals surface area (Å²) in [5.41, 5.74) is -0.0417. The summed E-state index contributed by atoms with van der Waals surface area (Å²) in [5, 5.41) is 48.1. The van der Waals surface area contributed by atoms with Gasteiger partial charge in [0.25, 0.3) is 0 Å². The molecule has 4 aromatic rings. The highest BCUT2D eigenvalue weighted by Gasteiger charge is 2.49. The van der Waals surface area contributed by atoms with E-state index in [4.69, 9.17) is 14.2 Å². The Morgan fingerprint density at radius 2 is 1.62 bits per heavy atom. The van der Waals surface area contributed by atoms with Crippen LogP contribution in [0.2, 0.25) is 0 Å². The van der Waals surface area contributed by atoms with Gasteiger partial charge in [0, 0.05) is 18.2 Å². The van der Waals surface area contributed by atoms with Crippen LogP contribution in [0.3, 0.4) is 0 Å². The fourth-order valence-corrected chi connectivity index (χ4v) is 6.97. The van der Waals surface area contributed by atoms with Crippen molar-refractivity contribution in [2.24, 2.45) is 0 Å². The minimum atomic E-state index is -1.62. The zero-order valence-electron chi connectivity index (χ0n) is 23.5. The minimum Gasteiger partial charge on any atom is -0.394 e. The molecule has 0 bridgehead atoms. The Labute approximate surface area is 257 Å². The van der Waals surface area contributed by atoms with Gasteiger partial charge in [-0.05, 0) is 24.3 Å². The van der Waals surface area contributed by atoms with Crippen LogP contribution in [0.25, 0.3) is 22.5 Å². The fourth-order valence-electron chi connectivity index (χ4n) is 5.48. The van der Waals surface area contributed by atoms with Crippen LogP contribution in [0, 0.1) is 23.3 Å². The lowest BCUT2D eigenvalue weighted by Gasteiger charge is -2.45. The lowest BCUT2D eigenvalue weighted by molar-refractivity contribution is -0.186. The zero-order chi connectivity index (χ0) is 31.8. The summed E-state index contributed by atoms with van der Waals surface area (Å²) in [6.07, 6.45) is -1.51. The molecule has 0 radical (unpaired) electrons. The summed E-state index contributed by atoms with van der Waals surface area (Å²) in [4.78, 5) is 0. The smallest absolute Gasteiger partial charge is 0.194 e. The van der Waals surface area contributed by atoms with E-state index in [-0.39, 0.29) is 24.5 Å². The van der Waals surface area contributed by atoms with Crippen molar-refractivity contribution in [3.05, 3.63) is 72.1 Å². The van der Waals surface area contributed by atoms with Crippen LogP contribution in [0.15, 0.2) is 48.8 Å². The van der Waals surface area contributed by atoms with Crippen molar-refractivity contribution < 1.29 is 47.1 Å². The van der Waals surface area contributed by atoms with Crippen molar-refractivity contribution in [3.8, 4) is 22.5 Å². The molecule has 2 aromatic carbocycles. The summed E-state index contributed by atoms with van der Waals surface area (Å²) in [5.74, 6) is -4.85. The van der Waals surface area contributed by atoms with Crippen molar-refractivity contribution >= 4 is 11.8 Å². The first-order valence-electron chi connectivity index (χ1n) is 13.8. The summed E-state index contributed by atoms with van der Waals surface area (Å²) >= 11 is 1.16. The van der Waals surface area contributed by atoms with Crippen LogP contribution >= 0.6 is 11.8 Å². The zero-order valence-corrected chi connectivity index (χ0v) is 24.3. The maximum atomic E-state index is 13.9. The van der Waals surface area contributed by atoms with E-state index in [9.17, 15) is 32.9 Å². The predicted octanol–water partition coefficient (Wildman–Crippen LogP) is 2.13. The molecule has 0 amide bonds. The van der Waals surface area contributed by atoms with Gasteiger partial charge in [0.05, 0.1) is 43.6 Å². The number of aromatic nitrogens is 6. The Balaban J connectivity index is 1.22. The van der Waals surface area contributed by atoms with E-state index in [1.54, 1.807) is 18.3 Å². The van der Waals surface area contributed by atoms with Crippen LogP contribution in [0.4, 0.5) is 17.6 Å². The van der Waals surface area contributed by atoms with Crippen LogP contribution in [-0.4, -0.2) is 107 Å². The lowest BCUT2D eigenvalue weighted by atomic mass is 9.97. The number of halogens is 4. The molecule has 0 aliphatic carbocycles. The molecular weight excluding hydrogens is 624 g/mol. The molecular formula is C28H28F4N6O6S. The highest BCUT2D eigenvalue weighted by molar-refractivity contribution is 8.00. The second-order valence-electron chi connectivity index (χ2n) is 10.6. The third-order valence-corrected chi connectivity index (χ3v) is 9.23. The second-order valence-corrected chi connectivity index (χ2v) is 12.0. The van der Waals surface area contributed by atoms with Crippen molar-refractivity contribution in [3.63, 3.8) is 0 Å². The van der Waals surface area contributed by atoms with Gasteiger partial charge in [-0.25, -0.2) is 26.9 Å². The first-order valence-corrected chi connectivity index (χ1v) is 14.8. The number of ether oxygens (including phenoxy) is 3. The first-order chi connectivity index (χ1) is 21.7. The first kappa shape index (κ1) is 31.5. The Hall–Kier alpha value is -3.45. The Kier molecular flexibility index (Phi) is 9.19. The van der Waals surface area contributed by atoms with E-state index in [0.717, 1.165) is 23.9 Å². The van der Waals surface area contributed by atoms with Crippen LogP contribution < -0.4 is 0 Å². The predicted molar refractivity (Wildman–Crippen MR) is 150 cm³/mol. The van der Waals surface area contributed by atoms with Crippen LogP contribution in [-0.2, 0) is 14.2 Å². The number of methoxy groups -OCH3 is 1. The Morgan fingerprint density at radius 3 is 2.31 bits per heavy atom. The molecule has 2 saturated heterocycles. The van der Waals surface area contributed by atoms with E-state index in [2.05, 4.69) is 20.6 Å². The number of nitrogens with zero attached hydrogens (tertiary/aromatic N) is 6. The van der Waals surface area contributed by atoms with Crippen molar-refractivity contribution in [2.45, 2.75) is 47.2 Å². The number of aliphatic hydroxyl groups excluding tert-OH is 3. The summed E-state index contributed by atoms with van der Waals surface area (Å²) in [6, 6.07) is 5.76. The molecule has 2 aliphatic heterocycles. The Bertz CT molecular complexity index is 1620. The maximum Gasteiger partial charge on any atom is 0.194 e. The molecule has 3 N–H and O–H groups in total. The molecule has 2 aromatic heterocycles. The topological polar surface area (TPSA) is 150 Å². The van der Waals surface area contributed by atoms with E-state index >= 15 is 0 Å². The van der Waals surface area contributed by atoms with Crippen LogP contribution in [0.1, 0.15) is 12.1 Å². The van der Waals surface area contributed by atoms with Crippen LogP contribution in [0.5, 0.6) is 0 Å². The summed E-state index contributed by atoms with van der Waals surface area (Å²) in [6.45, 7) is -0.332. The molecule has 240 valence electrons. The number of thioether (sulfide) groups is 1. The van der Waals surface area contributed by atoms with E-state index in [0.29, 0.717) is 11.3 Å². The van der Waals surface area contributed by atoms with Crippen molar-refractivity contribution in [1.29, 1.82) is 0 Å². The highest BCUT2D eigenvalue weighted by Crippen LogP contribution is 2.41. The van der Waals surface area contributed by atoms with Gasteiger partial charge < -0.3 is 29.5 Å². The van der Waals surface area contributed by atoms with Gasteiger partial charge in [0.2, 0.25) is 0 Å². The van der Waals surface area contributed by atoms with E-state index < -0.39 is 77.1 Å². The number of hydrogen-bond donors (Lipinski definition) is 3. The number of rotatable bonds is 8. The third-order valence-electron chi connectivity index (χ3n) is 7.82. The van der Waals surface area contributed by atoms with Gasteiger partial charge in [0.1, 0.15) is 53.0 Å². The molecule has 0 saturated carbocycles. The molecule has 0 spiro atoms. The number of aliphatic hydroxyl groups is 3. The van der Waals surface area contributed by atoms with Gasteiger partial charge in [-0.1, -0.05) is 22.6 Å². The van der Waals surface area contributed by atoms with Crippen molar-refractivity contribution in [1.82, 2.24) is 30.0 Å². The minimum absolute atomic E-state index is 0.00418. The maximum absolute atomic E-state index is 13.9. The van der Waals surface area contributed by atoms with Crippen molar-refractivity contribution in [2.75, 3.05) is 26.9 Å². The molecule has 6 rings (SSSR count).